The molecule has 0 amide bonds. The van der Waals surface area contributed by atoms with Crippen LogP contribution in [0.25, 0.3) is 0 Å². The normalized spacial score (nSPS) is 10.4. The lowest BCUT2D eigenvalue weighted by molar-refractivity contribution is -0.112. The van der Waals surface area contributed by atoms with Crippen molar-refractivity contribution in [2.45, 2.75) is 48.5 Å². The first-order valence-corrected chi connectivity index (χ1v) is 7.80. The van der Waals surface area contributed by atoms with E-state index < -0.39 is 0 Å². The minimum absolute atomic E-state index is 0.112. The molecule has 0 heterocycles. The molecule has 0 aromatic rings. The van der Waals surface area contributed by atoms with Gasteiger partial charge < -0.3 is 5.11 Å². The predicted molar refractivity (Wildman–Crippen MR) is 102 cm³/mol. The molecule has 0 saturated heterocycles. The van der Waals surface area contributed by atoms with E-state index in [0.717, 1.165) is 0 Å². The Morgan fingerprint density at radius 1 is 0.864 bits per heavy atom. The monoisotopic (exact) mass is 306 g/mol. The van der Waals surface area contributed by atoms with Gasteiger partial charge >= 0.3 is 0 Å². The molecule has 0 spiro atoms. The van der Waals surface area contributed by atoms with E-state index >= 15 is 0 Å². The highest BCUT2D eigenvalue weighted by Crippen LogP contribution is 2.14. The molecular weight excluding hydrogens is 272 g/mol. The van der Waals surface area contributed by atoms with Gasteiger partial charge in [0, 0.05) is 5.57 Å². The summed E-state index contributed by atoms with van der Waals surface area (Å²) in [6.07, 6.45) is 8.78. The number of aliphatic hydroxyl groups excluding tert-OH is 1. The summed E-state index contributed by atoms with van der Waals surface area (Å²) in [4.78, 5) is 11.9. The van der Waals surface area contributed by atoms with Gasteiger partial charge in [0.2, 0.25) is 0 Å². The summed E-state index contributed by atoms with van der Waals surface area (Å²) in [6, 6.07) is 0. The quantitative estimate of drug-likeness (QED) is 0.345. The third kappa shape index (κ3) is 12.9. The summed E-state index contributed by atoms with van der Waals surface area (Å²) >= 11 is 0. The van der Waals surface area contributed by atoms with E-state index in [1.807, 2.05) is 41.5 Å². The molecule has 0 aromatic carbocycles. The average molecular weight is 306 g/mol. The fraction of sp³-hybridized carbons (Fsp3) is 0.350. The van der Waals surface area contributed by atoms with E-state index in [2.05, 4.69) is 19.7 Å². The number of hydrogen-bond donors (Lipinski definition) is 1. The van der Waals surface area contributed by atoms with Crippen LogP contribution in [0, 0.1) is 0 Å². The molecule has 0 aliphatic rings. The molecule has 2 heteroatoms. The van der Waals surface area contributed by atoms with Gasteiger partial charge in [-0.05, 0) is 13.0 Å². The predicted octanol–water partition coefficient (Wildman–Crippen LogP) is 6.51. The largest absolute Gasteiger partial charge is 0.507 e. The molecule has 0 radical (unpaired) electrons. The van der Waals surface area contributed by atoms with Gasteiger partial charge in [-0.1, -0.05) is 91.7 Å². The molecule has 0 rings (SSSR count). The van der Waals surface area contributed by atoms with Crippen LogP contribution in [0.3, 0.4) is 0 Å². The molecule has 0 unspecified atom stereocenters. The second kappa shape index (κ2) is 24.0. The standard InChI is InChI=1S/C14H16O2.3C2H6/c1-5-9-11(7-3)14(16)12(8-4)13(15)10-6-2;3*1-2/h5-10,15H,1-3H2,4H3;3*1-2H3/b11-9+,12-8+,13-10+;;;. The Bertz CT molecular complexity index is 394. The van der Waals surface area contributed by atoms with E-state index in [0.29, 0.717) is 5.57 Å². The number of hydrogen-bond acceptors (Lipinski definition) is 2. The van der Waals surface area contributed by atoms with Crippen LogP contribution in [-0.4, -0.2) is 10.9 Å². The van der Waals surface area contributed by atoms with Crippen LogP contribution >= 0.6 is 0 Å². The molecule has 126 valence electrons. The summed E-state index contributed by atoms with van der Waals surface area (Å²) in [5.74, 6) is -0.410. The summed E-state index contributed by atoms with van der Waals surface area (Å²) in [5, 5.41) is 9.61. The Morgan fingerprint density at radius 2 is 1.27 bits per heavy atom. The van der Waals surface area contributed by atoms with E-state index in [1.165, 1.54) is 30.4 Å². The lowest BCUT2D eigenvalue weighted by Crippen LogP contribution is -2.07. The van der Waals surface area contributed by atoms with E-state index in [4.69, 9.17) is 0 Å². The second-order valence-corrected chi connectivity index (χ2v) is 2.88. The van der Waals surface area contributed by atoms with Gasteiger partial charge in [-0.15, -0.1) is 0 Å². The maximum Gasteiger partial charge on any atom is 0.196 e. The Hall–Kier alpha value is -2.09. The van der Waals surface area contributed by atoms with Crippen molar-refractivity contribution in [3.63, 3.8) is 0 Å². The number of carbonyl (C=O) groups is 1. The molecule has 0 aliphatic carbocycles. The number of ketones is 1. The van der Waals surface area contributed by atoms with Crippen molar-refractivity contribution >= 4 is 5.78 Å². The van der Waals surface area contributed by atoms with Crippen molar-refractivity contribution in [3.05, 3.63) is 73.1 Å². The minimum atomic E-state index is -0.298. The van der Waals surface area contributed by atoms with Crippen molar-refractivity contribution in [3.8, 4) is 0 Å². The Kier molecular flexibility index (Phi) is 30.6. The molecule has 0 saturated carbocycles. The first kappa shape index (κ1) is 28.1. The fourth-order valence-corrected chi connectivity index (χ4v) is 1.12. The molecule has 2 nitrogen and oxygen atoms in total. The molecule has 0 aliphatic heterocycles. The number of allylic oxidation sites excluding steroid dienone is 8. The smallest absolute Gasteiger partial charge is 0.196 e. The lowest BCUT2D eigenvalue weighted by Gasteiger charge is -2.05. The lowest BCUT2D eigenvalue weighted by atomic mass is 10.0. The van der Waals surface area contributed by atoms with Crippen molar-refractivity contribution < 1.29 is 9.90 Å². The van der Waals surface area contributed by atoms with Gasteiger partial charge in [-0.3, -0.25) is 4.79 Å². The first-order chi connectivity index (χ1) is 10.6. The summed E-state index contributed by atoms with van der Waals surface area (Å²) in [6.45, 7) is 24.2. The molecule has 22 heavy (non-hydrogen) atoms. The molecule has 0 bridgehead atoms. The highest BCUT2D eigenvalue weighted by atomic mass is 16.3. The summed E-state index contributed by atoms with van der Waals surface area (Å²) < 4.78 is 0. The van der Waals surface area contributed by atoms with Gasteiger partial charge in [-0.2, -0.15) is 0 Å². The zero-order valence-corrected chi connectivity index (χ0v) is 15.4. The third-order valence-electron chi connectivity index (χ3n) is 1.86. The van der Waals surface area contributed by atoms with Crippen molar-refractivity contribution in [2.75, 3.05) is 0 Å². The molecular formula is C20H34O2. The topological polar surface area (TPSA) is 37.3 Å². The van der Waals surface area contributed by atoms with Crippen LogP contribution in [0.5, 0.6) is 0 Å². The average Bonchev–Trinajstić information content (AvgIpc) is 2.59. The van der Waals surface area contributed by atoms with Crippen LogP contribution in [0.2, 0.25) is 0 Å². The SMILES string of the molecule is C=C/C=C(\C=C)C(=O)C(=C/C)/C(O)=C\C=C.CC.CC.CC. The van der Waals surface area contributed by atoms with Crippen LogP contribution in [0.1, 0.15) is 48.5 Å². The summed E-state index contributed by atoms with van der Waals surface area (Å²) in [5.41, 5.74) is 0.597. The maximum atomic E-state index is 11.9. The molecule has 0 aromatic heterocycles. The number of rotatable bonds is 6. The molecule has 0 fully saturated rings. The second-order valence-electron chi connectivity index (χ2n) is 2.88. The molecule has 1 N–H and O–H groups in total. The maximum absolute atomic E-state index is 11.9. The van der Waals surface area contributed by atoms with Crippen LogP contribution in [-0.2, 0) is 4.79 Å². The first-order valence-electron chi connectivity index (χ1n) is 7.80. The van der Waals surface area contributed by atoms with Gasteiger partial charge in [0.1, 0.15) is 5.76 Å². The van der Waals surface area contributed by atoms with Gasteiger partial charge in [0.05, 0.1) is 5.57 Å². The zero-order chi connectivity index (χ0) is 18.6. The Labute approximate surface area is 138 Å². The fourth-order valence-electron chi connectivity index (χ4n) is 1.12. The van der Waals surface area contributed by atoms with Gasteiger partial charge in [0.25, 0.3) is 0 Å². The summed E-state index contributed by atoms with van der Waals surface area (Å²) in [7, 11) is 0. The van der Waals surface area contributed by atoms with E-state index in [1.54, 1.807) is 13.0 Å². The molecule has 0 atom stereocenters. The van der Waals surface area contributed by atoms with Crippen molar-refractivity contribution in [1.82, 2.24) is 0 Å². The Balaban J connectivity index is -0.000000238. The van der Waals surface area contributed by atoms with Crippen LogP contribution in [0.4, 0.5) is 0 Å². The highest BCUT2D eigenvalue weighted by molar-refractivity contribution is 6.12. The Morgan fingerprint density at radius 3 is 1.55 bits per heavy atom. The van der Waals surface area contributed by atoms with Crippen LogP contribution < -0.4 is 0 Å². The van der Waals surface area contributed by atoms with Crippen LogP contribution in [0.15, 0.2) is 73.1 Å². The van der Waals surface area contributed by atoms with E-state index in [-0.39, 0.29) is 17.1 Å². The van der Waals surface area contributed by atoms with Gasteiger partial charge in [-0.25, -0.2) is 0 Å². The minimum Gasteiger partial charge on any atom is -0.507 e. The number of Topliss-reactive ketones (excluding diaryl/α,β-unsaturated/α-hetero) is 1. The van der Waals surface area contributed by atoms with Crippen molar-refractivity contribution in [1.29, 1.82) is 0 Å². The van der Waals surface area contributed by atoms with Crippen molar-refractivity contribution in [2.24, 2.45) is 0 Å². The zero-order valence-electron chi connectivity index (χ0n) is 15.4. The number of aliphatic hydroxyl groups is 1. The number of carbonyl (C=O) groups excluding carboxylic acids is 1. The third-order valence-corrected chi connectivity index (χ3v) is 1.86. The van der Waals surface area contributed by atoms with E-state index in [9.17, 15) is 9.90 Å². The highest BCUT2D eigenvalue weighted by Gasteiger charge is 2.14. The van der Waals surface area contributed by atoms with Gasteiger partial charge in [0.15, 0.2) is 5.78 Å².